The molecule has 2 amide bonds. The van der Waals surface area contributed by atoms with E-state index in [2.05, 4.69) is 69.4 Å². The Morgan fingerprint density at radius 1 is 0.579 bits per heavy atom. The van der Waals surface area contributed by atoms with Gasteiger partial charge in [0, 0.05) is 42.5 Å². The van der Waals surface area contributed by atoms with Crippen molar-refractivity contribution < 1.29 is 39.2 Å². The number of halogens is 2. The summed E-state index contributed by atoms with van der Waals surface area (Å²) in [6.45, 7) is 0. The number of carbonyl (C=O) groups is 4. The van der Waals surface area contributed by atoms with Gasteiger partial charge in [0.2, 0.25) is 11.8 Å². The largest absolute Gasteiger partial charge is 0.473 e. The Bertz CT molecular complexity index is 1120. The molecule has 0 saturated carbocycles. The van der Waals surface area contributed by atoms with Gasteiger partial charge in [-0.05, 0) is 93.7 Å². The van der Waals surface area contributed by atoms with Crippen LogP contribution in [-0.2, 0) is 9.59 Å². The third kappa shape index (κ3) is 14.4. The van der Waals surface area contributed by atoms with Crippen LogP contribution in [-0.4, -0.2) is 43.8 Å². The number of amides is 2. The van der Waals surface area contributed by atoms with Crippen LogP contribution in [0.2, 0.25) is 0 Å². The van der Waals surface area contributed by atoms with E-state index in [4.69, 9.17) is 31.3 Å². The molecule has 6 N–H and O–H groups in total. The van der Waals surface area contributed by atoms with Crippen molar-refractivity contribution in [1.82, 2.24) is 0 Å². The zero-order valence-electron chi connectivity index (χ0n) is 18.9. The van der Waals surface area contributed by atoms with Crippen molar-refractivity contribution in [2.45, 2.75) is 0 Å². The number of hydrogen-bond acceptors (Lipinski definition) is 8. The number of nitrogens with two attached hydrogens (primary N) is 2. The highest BCUT2D eigenvalue weighted by Crippen LogP contribution is 2.12. The number of nitrogens with zero attached hydrogens (tertiary/aromatic N) is 2. The number of non-ortho nitro benzene ring substituents is 2. The molecule has 0 radical (unpaired) electrons. The first-order chi connectivity index (χ1) is 17.6. The zero-order valence-corrected chi connectivity index (χ0v) is 23.2. The van der Waals surface area contributed by atoms with Gasteiger partial charge >= 0.3 is 11.9 Å². The fourth-order valence-electron chi connectivity index (χ4n) is 1.92. The third-order valence-electron chi connectivity index (χ3n) is 3.71. The summed E-state index contributed by atoms with van der Waals surface area (Å²) in [6.07, 6.45) is 0. The number of carbonyl (C=O) groups excluding carboxylic acids is 2. The lowest BCUT2D eigenvalue weighted by molar-refractivity contribution is -0.385. The van der Waals surface area contributed by atoms with Crippen LogP contribution in [0.5, 0.6) is 0 Å². The van der Waals surface area contributed by atoms with Gasteiger partial charge in [0.15, 0.2) is 0 Å². The SMILES string of the molecule is Ic1ccc(I)cc1.NC(=O)c1ccc([N+](=O)[O-])cc1.NC(=O)c1ccc([N+](=O)[O-])cc1.O=C(O)C(=O)O. The van der Waals surface area contributed by atoms with Crippen molar-refractivity contribution in [2.75, 3.05) is 0 Å². The summed E-state index contributed by atoms with van der Waals surface area (Å²) in [5, 5.41) is 35.1. The Kier molecular flexibility index (Phi) is 15.4. The molecule has 200 valence electrons. The lowest BCUT2D eigenvalue weighted by Crippen LogP contribution is -2.10. The standard InChI is InChI=1S/2C7H6N2O3.C6H4I2.C2H2O4/c2*8-7(10)5-1-3-6(4-2-5)9(11)12;7-5-1-2-6(8)4-3-5;3-1(4)2(5)6/h2*1-4H,(H2,8,10);1-4H;(H,3,4)(H,5,6). The van der Waals surface area contributed by atoms with Crippen LogP contribution < -0.4 is 11.5 Å². The molecule has 0 spiro atoms. The first kappa shape index (κ1) is 33.8. The molecule has 0 heterocycles. The van der Waals surface area contributed by atoms with Crippen LogP contribution in [0.3, 0.4) is 0 Å². The Labute approximate surface area is 241 Å². The third-order valence-corrected chi connectivity index (χ3v) is 5.15. The molecule has 0 aromatic heterocycles. The van der Waals surface area contributed by atoms with Gasteiger partial charge in [0.1, 0.15) is 0 Å². The summed E-state index contributed by atoms with van der Waals surface area (Å²) in [5.41, 5.74) is 10.3. The number of carboxylic acid groups (broad SMARTS) is 2. The number of carboxylic acids is 2. The second kappa shape index (κ2) is 17.3. The van der Waals surface area contributed by atoms with Gasteiger partial charge in [0.05, 0.1) is 9.85 Å². The van der Waals surface area contributed by atoms with Crippen LogP contribution in [0, 0.1) is 27.4 Å². The summed E-state index contributed by atoms with van der Waals surface area (Å²) < 4.78 is 2.59. The molecule has 14 nitrogen and oxygen atoms in total. The number of primary amides is 2. The first-order valence-electron chi connectivity index (χ1n) is 9.61. The van der Waals surface area contributed by atoms with E-state index < -0.39 is 33.6 Å². The molecule has 3 aromatic rings. The average molecular weight is 752 g/mol. The van der Waals surface area contributed by atoms with E-state index in [1.807, 2.05) is 0 Å². The molecule has 0 bridgehead atoms. The smallest absolute Gasteiger partial charge is 0.414 e. The number of hydrogen-bond donors (Lipinski definition) is 4. The molecular weight excluding hydrogens is 734 g/mol. The first-order valence-corrected chi connectivity index (χ1v) is 11.8. The van der Waals surface area contributed by atoms with E-state index in [1.54, 1.807) is 0 Å². The molecule has 0 atom stereocenters. The van der Waals surface area contributed by atoms with E-state index >= 15 is 0 Å². The normalized spacial score (nSPS) is 9.00. The molecule has 0 aliphatic carbocycles. The topological polar surface area (TPSA) is 247 Å². The maximum Gasteiger partial charge on any atom is 0.414 e. The number of nitro benzene ring substituents is 2. The summed E-state index contributed by atoms with van der Waals surface area (Å²) in [4.78, 5) is 58.5. The summed E-state index contributed by atoms with van der Waals surface area (Å²) in [7, 11) is 0. The molecule has 0 aliphatic heterocycles. The van der Waals surface area contributed by atoms with Crippen LogP contribution in [0.15, 0.2) is 72.8 Å². The van der Waals surface area contributed by atoms with Crippen molar-refractivity contribution in [3.63, 3.8) is 0 Å². The van der Waals surface area contributed by atoms with Gasteiger partial charge < -0.3 is 21.7 Å². The minimum Gasteiger partial charge on any atom is -0.473 e. The number of nitro groups is 2. The van der Waals surface area contributed by atoms with Crippen molar-refractivity contribution in [1.29, 1.82) is 0 Å². The molecule has 0 fully saturated rings. The summed E-state index contributed by atoms with van der Waals surface area (Å²) >= 11 is 4.59. The Morgan fingerprint density at radius 2 is 0.816 bits per heavy atom. The fraction of sp³-hybridized carbons (Fsp3) is 0. The van der Waals surface area contributed by atoms with Crippen LogP contribution in [0.25, 0.3) is 0 Å². The maximum atomic E-state index is 10.5. The van der Waals surface area contributed by atoms with Crippen LogP contribution in [0.4, 0.5) is 11.4 Å². The zero-order chi connectivity index (χ0) is 29.4. The highest BCUT2D eigenvalue weighted by atomic mass is 127. The van der Waals surface area contributed by atoms with Crippen molar-refractivity contribution in [2.24, 2.45) is 11.5 Å². The van der Waals surface area contributed by atoms with Crippen molar-refractivity contribution in [3.05, 3.63) is 111 Å². The Morgan fingerprint density at radius 3 is 0.974 bits per heavy atom. The second-order valence-corrected chi connectivity index (χ2v) is 8.87. The number of benzene rings is 3. The van der Waals surface area contributed by atoms with Gasteiger partial charge in [-0.2, -0.15) is 0 Å². The van der Waals surface area contributed by atoms with Gasteiger partial charge in [-0.1, -0.05) is 0 Å². The second-order valence-electron chi connectivity index (χ2n) is 6.38. The number of rotatable bonds is 4. The molecule has 3 aromatic carbocycles. The fourth-order valence-corrected chi connectivity index (χ4v) is 2.64. The Balaban J connectivity index is 0.000000498. The predicted molar refractivity (Wildman–Crippen MR) is 150 cm³/mol. The summed E-state index contributed by atoms with van der Waals surface area (Å²) in [5.74, 6) is -4.83. The minimum atomic E-state index is -1.82. The highest BCUT2D eigenvalue weighted by molar-refractivity contribution is 14.1. The van der Waals surface area contributed by atoms with Gasteiger partial charge in [-0.25, -0.2) is 9.59 Å². The lowest BCUT2D eigenvalue weighted by atomic mass is 10.2. The monoisotopic (exact) mass is 752 g/mol. The van der Waals surface area contributed by atoms with Crippen LogP contribution >= 0.6 is 45.2 Å². The van der Waals surface area contributed by atoms with E-state index in [9.17, 15) is 29.8 Å². The average Bonchev–Trinajstić information content (AvgIpc) is 2.87. The van der Waals surface area contributed by atoms with Gasteiger partial charge in [0.25, 0.3) is 11.4 Å². The van der Waals surface area contributed by atoms with Crippen LogP contribution in [0.1, 0.15) is 20.7 Å². The van der Waals surface area contributed by atoms with E-state index in [1.165, 1.54) is 55.7 Å². The van der Waals surface area contributed by atoms with Gasteiger partial charge in [-0.3, -0.25) is 29.8 Å². The van der Waals surface area contributed by atoms with E-state index in [0.717, 1.165) is 0 Å². The molecule has 16 heteroatoms. The molecular formula is C22H18I2N4O10. The van der Waals surface area contributed by atoms with E-state index in [0.29, 0.717) is 0 Å². The Hall–Kier alpha value is -4.20. The predicted octanol–water partition coefficient (Wildman–Crippen LogP) is 3.44. The maximum absolute atomic E-state index is 10.5. The molecule has 0 aliphatic rings. The molecule has 0 saturated heterocycles. The highest BCUT2D eigenvalue weighted by Gasteiger charge is 2.06. The molecule has 3 rings (SSSR count). The van der Waals surface area contributed by atoms with E-state index in [-0.39, 0.29) is 22.5 Å². The summed E-state index contributed by atoms with van der Waals surface area (Å²) in [6, 6.07) is 18.6. The molecule has 0 unspecified atom stereocenters. The van der Waals surface area contributed by atoms with Gasteiger partial charge in [-0.15, -0.1) is 0 Å². The quantitative estimate of drug-likeness (QED) is 0.131. The molecule has 38 heavy (non-hydrogen) atoms. The van der Waals surface area contributed by atoms with Crippen molar-refractivity contribution >= 4 is 80.3 Å². The van der Waals surface area contributed by atoms with Crippen molar-refractivity contribution in [3.8, 4) is 0 Å². The minimum absolute atomic E-state index is 0.0556. The number of aliphatic carboxylic acids is 2. The lowest BCUT2D eigenvalue weighted by Gasteiger charge is -1.93.